The Hall–Kier alpha value is -1.16. The van der Waals surface area contributed by atoms with Gasteiger partial charge in [-0.2, -0.15) is 0 Å². The molecular formula is C16H23FN2S. The lowest BCUT2D eigenvalue weighted by atomic mass is 9.82. The molecule has 1 aliphatic rings. The van der Waals surface area contributed by atoms with E-state index in [0.717, 1.165) is 12.1 Å². The first-order valence-corrected chi connectivity index (χ1v) is 7.89. The Morgan fingerprint density at radius 1 is 1.40 bits per heavy atom. The van der Waals surface area contributed by atoms with Gasteiger partial charge in [-0.05, 0) is 37.3 Å². The minimum absolute atomic E-state index is 0.115. The maximum Gasteiger partial charge on any atom is 0.135 e. The Labute approximate surface area is 125 Å². The fraction of sp³-hybridized carbons (Fsp3) is 0.562. The molecule has 0 saturated heterocycles. The molecule has 1 unspecified atom stereocenters. The molecule has 0 heterocycles. The lowest BCUT2D eigenvalue weighted by molar-refractivity contribution is 0.313. The van der Waals surface area contributed by atoms with Gasteiger partial charge in [0.25, 0.3) is 0 Å². The molecule has 0 radical (unpaired) electrons. The molecule has 1 saturated carbocycles. The highest BCUT2D eigenvalue weighted by molar-refractivity contribution is 7.80. The van der Waals surface area contributed by atoms with Crippen molar-refractivity contribution in [1.29, 1.82) is 0 Å². The van der Waals surface area contributed by atoms with Crippen LogP contribution in [0.5, 0.6) is 0 Å². The van der Waals surface area contributed by atoms with E-state index >= 15 is 0 Å². The highest BCUT2D eigenvalue weighted by Gasteiger charge is 2.23. The van der Waals surface area contributed by atoms with Gasteiger partial charge in [0.05, 0.1) is 5.56 Å². The largest absolute Gasteiger partial charge is 0.389 e. The van der Waals surface area contributed by atoms with Crippen LogP contribution in [0.4, 0.5) is 10.1 Å². The minimum atomic E-state index is -0.346. The molecule has 110 valence electrons. The molecule has 3 N–H and O–H groups in total. The molecule has 2 rings (SSSR count). The molecule has 0 spiro atoms. The van der Waals surface area contributed by atoms with Crippen LogP contribution in [0, 0.1) is 11.7 Å². The second-order valence-electron chi connectivity index (χ2n) is 5.58. The first kappa shape index (κ1) is 15.2. The van der Waals surface area contributed by atoms with Gasteiger partial charge < -0.3 is 11.1 Å². The number of hydrogen-bond donors (Lipinski definition) is 2. The van der Waals surface area contributed by atoms with Crippen LogP contribution in [0.25, 0.3) is 0 Å². The van der Waals surface area contributed by atoms with Gasteiger partial charge in [0.15, 0.2) is 0 Å². The van der Waals surface area contributed by atoms with E-state index in [4.69, 9.17) is 18.0 Å². The lowest BCUT2D eigenvalue weighted by Gasteiger charge is -2.31. The zero-order valence-corrected chi connectivity index (χ0v) is 12.8. The van der Waals surface area contributed by atoms with Crippen LogP contribution < -0.4 is 11.1 Å². The summed E-state index contributed by atoms with van der Waals surface area (Å²) in [5.41, 5.74) is 6.74. The number of anilines is 1. The second-order valence-corrected chi connectivity index (χ2v) is 6.02. The van der Waals surface area contributed by atoms with E-state index in [2.05, 4.69) is 12.2 Å². The number of rotatable bonds is 5. The molecule has 4 heteroatoms. The highest BCUT2D eigenvalue weighted by atomic mass is 32.1. The molecule has 2 nitrogen and oxygen atoms in total. The van der Waals surface area contributed by atoms with E-state index in [-0.39, 0.29) is 10.8 Å². The predicted molar refractivity (Wildman–Crippen MR) is 86.6 cm³/mol. The number of thiocarbonyl (C=S) groups is 1. The van der Waals surface area contributed by atoms with Crippen molar-refractivity contribution < 1.29 is 4.39 Å². The summed E-state index contributed by atoms with van der Waals surface area (Å²) >= 11 is 4.98. The Morgan fingerprint density at radius 3 is 2.70 bits per heavy atom. The predicted octanol–water partition coefficient (Wildman–Crippen LogP) is 4.23. The summed E-state index contributed by atoms with van der Waals surface area (Å²) in [6.07, 6.45) is 7.47. The van der Waals surface area contributed by atoms with E-state index in [9.17, 15) is 4.39 Å². The summed E-state index contributed by atoms with van der Waals surface area (Å²) in [7, 11) is 0. The van der Waals surface area contributed by atoms with E-state index in [1.165, 1.54) is 38.2 Å². The summed E-state index contributed by atoms with van der Waals surface area (Å²) in [5, 5.41) is 3.48. The van der Waals surface area contributed by atoms with Crippen LogP contribution >= 0.6 is 12.2 Å². The first-order valence-electron chi connectivity index (χ1n) is 7.48. The zero-order chi connectivity index (χ0) is 14.5. The lowest BCUT2D eigenvalue weighted by Crippen LogP contribution is -2.31. The van der Waals surface area contributed by atoms with Crippen molar-refractivity contribution in [2.75, 3.05) is 5.32 Å². The number of halogens is 1. The van der Waals surface area contributed by atoms with Gasteiger partial charge in [-0.25, -0.2) is 4.39 Å². The summed E-state index contributed by atoms with van der Waals surface area (Å²) in [6.45, 7) is 2.17. The van der Waals surface area contributed by atoms with Crippen LogP contribution in [0.15, 0.2) is 18.2 Å². The van der Waals surface area contributed by atoms with Crippen molar-refractivity contribution in [2.24, 2.45) is 11.7 Å². The Balaban J connectivity index is 2.18. The number of hydrogen-bond acceptors (Lipinski definition) is 2. The van der Waals surface area contributed by atoms with Gasteiger partial charge >= 0.3 is 0 Å². The second kappa shape index (κ2) is 7.02. The SMILES string of the molecule is CCC(Nc1cccc(F)c1C(N)=S)C1CCCCC1. The fourth-order valence-electron chi connectivity index (χ4n) is 3.18. The van der Waals surface area contributed by atoms with Crippen molar-refractivity contribution in [3.63, 3.8) is 0 Å². The van der Waals surface area contributed by atoms with E-state index in [0.29, 0.717) is 17.5 Å². The van der Waals surface area contributed by atoms with Gasteiger partial charge in [0.2, 0.25) is 0 Å². The Morgan fingerprint density at radius 2 is 2.10 bits per heavy atom. The topological polar surface area (TPSA) is 38.0 Å². The van der Waals surface area contributed by atoms with Crippen molar-refractivity contribution in [3.8, 4) is 0 Å². The third-order valence-electron chi connectivity index (χ3n) is 4.26. The fourth-order valence-corrected chi connectivity index (χ4v) is 3.39. The van der Waals surface area contributed by atoms with Crippen molar-refractivity contribution >= 4 is 22.9 Å². The Bertz CT molecular complexity index is 470. The normalized spacial score (nSPS) is 17.7. The Kier molecular flexibility index (Phi) is 5.35. The standard InChI is InChI=1S/C16H23FN2S/c1-2-13(11-7-4-3-5-8-11)19-14-10-6-9-12(17)15(14)16(18)20/h6,9-11,13,19H,2-5,7-8H2,1H3,(H2,18,20). The first-order chi connectivity index (χ1) is 9.63. The molecule has 1 atom stereocenters. The van der Waals surface area contributed by atoms with Crippen LogP contribution in [0.2, 0.25) is 0 Å². The third-order valence-corrected chi connectivity index (χ3v) is 4.46. The van der Waals surface area contributed by atoms with Gasteiger partial charge in [-0.1, -0.05) is 44.5 Å². The molecule has 0 aliphatic heterocycles. The molecule has 0 amide bonds. The van der Waals surface area contributed by atoms with Crippen molar-refractivity contribution in [3.05, 3.63) is 29.6 Å². The molecule has 0 bridgehead atoms. The summed E-state index contributed by atoms with van der Waals surface area (Å²) < 4.78 is 13.9. The third kappa shape index (κ3) is 3.48. The van der Waals surface area contributed by atoms with Crippen LogP contribution in [-0.4, -0.2) is 11.0 Å². The van der Waals surface area contributed by atoms with Gasteiger partial charge in [0.1, 0.15) is 10.8 Å². The van der Waals surface area contributed by atoms with Crippen molar-refractivity contribution in [2.45, 2.75) is 51.5 Å². The van der Waals surface area contributed by atoms with Gasteiger partial charge in [0, 0.05) is 11.7 Å². The van der Waals surface area contributed by atoms with E-state index in [1.807, 2.05) is 6.07 Å². The van der Waals surface area contributed by atoms with Crippen molar-refractivity contribution in [1.82, 2.24) is 0 Å². The average Bonchev–Trinajstić information content (AvgIpc) is 2.45. The van der Waals surface area contributed by atoms with Gasteiger partial charge in [-0.3, -0.25) is 0 Å². The molecule has 1 fully saturated rings. The minimum Gasteiger partial charge on any atom is -0.389 e. The monoisotopic (exact) mass is 294 g/mol. The summed E-state index contributed by atoms with van der Waals surface area (Å²) in [5.74, 6) is 0.317. The summed E-state index contributed by atoms with van der Waals surface area (Å²) in [6, 6.07) is 5.34. The zero-order valence-electron chi connectivity index (χ0n) is 12.0. The smallest absolute Gasteiger partial charge is 0.135 e. The van der Waals surface area contributed by atoms with Gasteiger partial charge in [-0.15, -0.1) is 0 Å². The number of benzene rings is 1. The highest BCUT2D eigenvalue weighted by Crippen LogP contribution is 2.30. The van der Waals surface area contributed by atoms with Crippen LogP contribution in [-0.2, 0) is 0 Å². The molecule has 0 aromatic heterocycles. The summed E-state index contributed by atoms with van der Waals surface area (Å²) in [4.78, 5) is 0.115. The maximum atomic E-state index is 13.9. The molecule has 20 heavy (non-hydrogen) atoms. The van der Waals surface area contributed by atoms with Crippen LogP contribution in [0.1, 0.15) is 51.0 Å². The van der Waals surface area contributed by atoms with E-state index < -0.39 is 0 Å². The molecule has 1 aromatic carbocycles. The van der Waals surface area contributed by atoms with E-state index in [1.54, 1.807) is 6.07 Å². The number of nitrogens with two attached hydrogens (primary N) is 1. The molecular weight excluding hydrogens is 271 g/mol. The molecule has 1 aliphatic carbocycles. The molecule has 1 aromatic rings. The van der Waals surface area contributed by atoms with Crippen LogP contribution in [0.3, 0.4) is 0 Å². The number of nitrogens with one attached hydrogen (secondary N) is 1. The quantitative estimate of drug-likeness (QED) is 0.798. The maximum absolute atomic E-state index is 13.9. The average molecular weight is 294 g/mol.